The van der Waals surface area contributed by atoms with E-state index < -0.39 is 5.97 Å². The third-order valence-corrected chi connectivity index (χ3v) is 5.01. The lowest BCUT2D eigenvalue weighted by Crippen LogP contribution is -2.08. The molecule has 0 saturated heterocycles. The summed E-state index contributed by atoms with van der Waals surface area (Å²) in [6.07, 6.45) is 0. The number of carbonyl (C=O) groups excluding carboxylic acids is 1. The first-order valence-corrected chi connectivity index (χ1v) is 8.32. The van der Waals surface area contributed by atoms with Gasteiger partial charge in [-0.1, -0.05) is 0 Å². The fourth-order valence-corrected chi connectivity index (χ4v) is 3.65. The minimum absolute atomic E-state index is 0.00748. The maximum absolute atomic E-state index is 11.9. The number of aliphatic hydroxyl groups is 1. The number of esters is 1. The summed E-state index contributed by atoms with van der Waals surface area (Å²) in [7, 11) is 3.40. The van der Waals surface area contributed by atoms with Gasteiger partial charge in [0.2, 0.25) is 5.88 Å². The molecule has 3 heterocycles. The monoisotopic (exact) mass is 346 g/mol. The van der Waals surface area contributed by atoms with Gasteiger partial charge >= 0.3 is 5.97 Å². The predicted octanol–water partition coefficient (Wildman–Crippen LogP) is 2.98. The lowest BCUT2D eigenvalue weighted by Gasteiger charge is -2.08. The van der Waals surface area contributed by atoms with Crippen molar-refractivity contribution in [2.45, 2.75) is 13.5 Å². The summed E-state index contributed by atoms with van der Waals surface area (Å²) >= 11 is 1.57. The number of carbonyl (C=O) groups is 1. The second kappa shape index (κ2) is 6.62. The van der Waals surface area contributed by atoms with E-state index in [-0.39, 0.29) is 12.5 Å². The van der Waals surface area contributed by atoms with Gasteiger partial charge in [-0.15, -0.1) is 11.3 Å². The van der Waals surface area contributed by atoms with Crippen molar-refractivity contribution in [3.8, 4) is 16.5 Å². The number of aryl methyl sites for hydroxylation is 1. The molecule has 0 aliphatic heterocycles. The van der Waals surface area contributed by atoms with E-state index in [0.29, 0.717) is 12.2 Å². The smallest absolute Gasteiger partial charge is 0.343 e. The van der Waals surface area contributed by atoms with E-state index in [9.17, 15) is 9.90 Å². The molecule has 3 aromatic heterocycles. The van der Waals surface area contributed by atoms with Crippen molar-refractivity contribution in [2.24, 2.45) is 7.05 Å². The highest BCUT2D eigenvalue weighted by atomic mass is 32.1. The molecule has 0 bridgehead atoms. The number of pyridine rings is 1. The van der Waals surface area contributed by atoms with E-state index in [1.54, 1.807) is 30.4 Å². The highest BCUT2D eigenvalue weighted by Crippen LogP contribution is 2.35. The first-order valence-electron chi connectivity index (χ1n) is 7.50. The lowest BCUT2D eigenvalue weighted by atomic mass is 10.2. The summed E-state index contributed by atoms with van der Waals surface area (Å²) in [5.74, 6) is -0.197. The van der Waals surface area contributed by atoms with Crippen LogP contribution in [-0.4, -0.2) is 34.3 Å². The molecule has 3 aromatic rings. The Bertz CT molecular complexity index is 898. The lowest BCUT2D eigenvalue weighted by molar-refractivity contribution is 0.0522. The molecule has 126 valence electrons. The van der Waals surface area contributed by atoms with Gasteiger partial charge in [-0.05, 0) is 31.2 Å². The van der Waals surface area contributed by atoms with Crippen LogP contribution >= 0.6 is 11.3 Å². The zero-order chi connectivity index (χ0) is 17.3. The van der Waals surface area contributed by atoms with Gasteiger partial charge in [0.25, 0.3) is 0 Å². The van der Waals surface area contributed by atoms with Gasteiger partial charge in [-0.2, -0.15) is 0 Å². The zero-order valence-electron chi connectivity index (χ0n) is 13.7. The molecule has 6 nitrogen and oxygen atoms in total. The zero-order valence-corrected chi connectivity index (χ0v) is 14.5. The average molecular weight is 346 g/mol. The van der Waals surface area contributed by atoms with Crippen LogP contribution in [-0.2, 0) is 18.4 Å². The third-order valence-electron chi connectivity index (χ3n) is 3.76. The van der Waals surface area contributed by atoms with E-state index in [0.717, 1.165) is 26.5 Å². The number of thiophene rings is 1. The largest absolute Gasteiger partial charge is 0.480 e. The summed E-state index contributed by atoms with van der Waals surface area (Å²) in [4.78, 5) is 18.4. The van der Waals surface area contributed by atoms with Crippen molar-refractivity contribution in [3.05, 3.63) is 35.5 Å². The fraction of sp³-hybridized carbons (Fsp3) is 0.294. The minimum atomic E-state index is -0.447. The molecule has 0 spiro atoms. The summed E-state index contributed by atoms with van der Waals surface area (Å²) in [5, 5.41) is 10.4. The molecule has 0 aromatic carbocycles. The molecule has 0 amide bonds. The Kier molecular flexibility index (Phi) is 4.55. The van der Waals surface area contributed by atoms with Crippen molar-refractivity contribution in [1.82, 2.24) is 9.55 Å². The van der Waals surface area contributed by atoms with E-state index >= 15 is 0 Å². The van der Waals surface area contributed by atoms with Gasteiger partial charge in [-0.3, -0.25) is 0 Å². The van der Waals surface area contributed by atoms with Crippen LogP contribution < -0.4 is 4.74 Å². The number of methoxy groups -OCH3 is 1. The summed E-state index contributed by atoms with van der Waals surface area (Å²) in [6.45, 7) is 2.06. The second-order valence-corrected chi connectivity index (χ2v) is 6.23. The van der Waals surface area contributed by atoms with E-state index in [1.165, 1.54) is 7.11 Å². The topological polar surface area (TPSA) is 73.6 Å². The summed E-state index contributed by atoms with van der Waals surface area (Å²) < 4.78 is 12.2. The van der Waals surface area contributed by atoms with Crippen LogP contribution in [0, 0.1) is 0 Å². The van der Waals surface area contributed by atoms with Crippen LogP contribution in [0.15, 0.2) is 24.3 Å². The molecule has 7 heteroatoms. The molecule has 24 heavy (non-hydrogen) atoms. The Labute approximate surface area is 143 Å². The van der Waals surface area contributed by atoms with Crippen LogP contribution in [0.3, 0.4) is 0 Å². The molecule has 0 aliphatic carbocycles. The Morgan fingerprint density at radius 3 is 2.79 bits per heavy atom. The Balaban J connectivity index is 2.01. The number of fused-ring (bicyclic) bond motifs is 1. The normalized spacial score (nSPS) is 11.0. The quantitative estimate of drug-likeness (QED) is 0.719. The highest BCUT2D eigenvalue weighted by Gasteiger charge is 2.17. The first-order chi connectivity index (χ1) is 11.6. The van der Waals surface area contributed by atoms with Gasteiger partial charge in [0.05, 0.1) is 30.9 Å². The van der Waals surface area contributed by atoms with Gasteiger partial charge in [0.1, 0.15) is 10.4 Å². The molecule has 0 fully saturated rings. The van der Waals surface area contributed by atoms with Gasteiger partial charge in [0.15, 0.2) is 0 Å². The third kappa shape index (κ3) is 2.76. The van der Waals surface area contributed by atoms with Crippen LogP contribution in [0.5, 0.6) is 5.88 Å². The summed E-state index contributed by atoms with van der Waals surface area (Å²) in [6, 6.07) is 7.43. The van der Waals surface area contributed by atoms with Crippen LogP contribution in [0.4, 0.5) is 0 Å². The summed E-state index contributed by atoms with van der Waals surface area (Å²) in [5.41, 5.74) is 1.91. The van der Waals surface area contributed by atoms with Crippen molar-refractivity contribution < 1.29 is 19.4 Å². The van der Waals surface area contributed by atoms with Gasteiger partial charge < -0.3 is 19.1 Å². The standard InChI is InChI=1S/C17H18N2O4S/c1-4-23-17(21)12-5-6-13(18-15(12)22-3)14-8-10-7-11(9-20)19(2)16(10)24-14/h5-8,20H,4,9H2,1-3H3. The molecule has 0 aliphatic rings. The number of ether oxygens (including phenoxy) is 2. The van der Waals surface area contributed by atoms with E-state index in [1.807, 2.05) is 23.7 Å². The molecular weight excluding hydrogens is 328 g/mol. The van der Waals surface area contributed by atoms with Crippen molar-refractivity contribution in [3.63, 3.8) is 0 Å². The highest BCUT2D eigenvalue weighted by molar-refractivity contribution is 7.21. The van der Waals surface area contributed by atoms with Crippen LogP contribution in [0.1, 0.15) is 23.0 Å². The Hall–Kier alpha value is -2.38. The molecular formula is C17H18N2O4S. The maximum Gasteiger partial charge on any atom is 0.343 e. The van der Waals surface area contributed by atoms with Gasteiger partial charge in [-0.25, -0.2) is 9.78 Å². The van der Waals surface area contributed by atoms with Crippen LogP contribution in [0.25, 0.3) is 20.8 Å². The first kappa shape index (κ1) is 16.5. The van der Waals surface area contributed by atoms with Crippen molar-refractivity contribution in [1.29, 1.82) is 0 Å². The van der Waals surface area contributed by atoms with Gasteiger partial charge in [0, 0.05) is 18.1 Å². The molecule has 1 N–H and O–H groups in total. The minimum Gasteiger partial charge on any atom is -0.480 e. The number of aromatic nitrogens is 2. The molecule has 0 saturated carbocycles. The number of aliphatic hydroxyl groups excluding tert-OH is 1. The maximum atomic E-state index is 11.9. The predicted molar refractivity (Wildman–Crippen MR) is 92.5 cm³/mol. The fourth-order valence-electron chi connectivity index (χ4n) is 2.54. The molecule has 0 atom stereocenters. The SMILES string of the molecule is CCOC(=O)c1ccc(-c2cc3cc(CO)n(C)c3s2)nc1OC. The van der Waals surface area contributed by atoms with E-state index in [2.05, 4.69) is 4.98 Å². The molecule has 0 radical (unpaired) electrons. The Morgan fingerprint density at radius 2 is 2.17 bits per heavy atom. The molecule has 0 unspecified atom stereocenters. The van der Waals surface area contributed by atoms with Crippen molar-refractivity contribution >= 4 is 27.5 Å². The number of hydrogen-bond donors (Lipinski definition) is 1. The number of nitrogens with zero attached hydrogens (tertiary/aromatic N) is 2. The second-order valence-electron chi connectivity index (χ2n) is 5.20. The number of hydrogen-bond acceptors (Lipinski definition) is 6. The number of rotatable bonds is 5. The molecule has 3 rings (SSSR count). The van der Waals surface area contributed by atoms with Crippen LogP contribution in [0.2, 0.25) is 0 Å². The average Bonchev–Trinajstić information content (AvgIpc) is 3.14. The Morgan fingerprint density at radius 1 is 1.38 bits per heavy atom. The van der Waals surface area contributed by atoms with E-state index in [4.69, 9.17) is 9.47 Å². The van der Waals surface area contributed by atoms with Crippen molar-refractivity contribution in [2.75, 3.05) is 13.7 Å².